The van der Waals surface area contributed by atoms with Gasteiger partial charge < -0.3 is 19.8 Å². The lowest BCUT2D eigenvalue weighted by atomic mass is 9.33. The van der Waals surface area contributed by atoms with E-state index in [4.69, 9.17) is 4.74 Å². The van der Waals surface area contributed by atoms with Crippen LogP contribution in [-0.2, 0) is 23.9 Å². The monoisotopic (exact) mass is 781 g/mol. The van der Waals surface area contributed by atoms with Crippen molar-refractivity contribution in [2.45, 2.75) is 165 Å². The SMILES string of the molecule is CC(=O)N(C)CCN(CC1CCC1)CC(O)C12CC[C@]3(C)[C@H](CC[C@@H]4[C@@]5(C)CC[C@H](OC(=O)CC(C)(C)C(=O)O)C(C)(C)[C@@H]5CC[C@]43C)C1=C(C(C)C)C(=O)C2. The highest BCUT2D eigenvalue weighted by atomic mass is 16.5. The molecule has 0 radical (unpaired) electrons. The molecule has 56 heavy (non-hydrogen) atoms. The van der Waals surface area contributed by atoms with Gasteiger partial charge in [-0.15, -0.1) is 0 Å². The minimum atomic E-state index is -1.17. The van der Waals surface area contributed by atoms with Crippen molar-refractivity contribution < 1.29 is 34.1 Å². The molecule has 9 atom stereocenters. The Morgan fingerprint density at radius 2 is 1.57 bits per heavy atom. The largest absolute Gasteiger partial charge is 0.481 e. The van der Waals surface area contributed by atoms with E-state index in [1.807, 2.05) is 7.05 Å². The lowest BCUT2D eigenvalue weighted by molar-refractivity contribution is -0.235. The van der Waals surface area contributed by atoms with Gasteiger partial charge in [-0.3, -0.25) is 24.1 Å². The van der Waals surface area contributed by atoms with Crippen LogP contribution in [0.25, 0.3) is 0 Å². The van der Waals surface area contributed by atoms with Crippen molar-refractivity contribution in [3.8, 4) is 0 Å². The topological polar surface area (TPSA) is 124 Å². The zero-order valence-electron chi connectivity index (χ0n) is 36.9. The molecule has 2 unspecified atom stereocenters. The molecule has 1 amide bonds. The molecule has 0 aromatic carbocycles. The van der Waals surface area contributed by atoms with Gasteiger partial charge in [0.15, 0.2) is 5.78 Å². The Bertz CT molecular complexity index is 1600. The molecule has 0 aromatic heterocycles. The van der Waals surface area contributed by atoms with E-state index in [0.29, 0.717) is 37.3 Å². The highest BCUT2D eigenvalue weighted by molar-refractivity contribution is 6.00. The van der Waals surface area contributed by atoms with Crippen LogP contribution in [0.4, 0.5) is 0 Å². The molecule has 0 saturated heterocycles. The molecular formula is C47H76N2O7. The summed E-state index contributed by atoms with van der Waals surface area (Å²) in [7, 11) is 1.85. The summed E-state index contributed by atoms with van der Waals surface area (Å²) in [6.45, 7) is 24.1. The summed E-state index contributed by atoms with van der Waals surface area (Å²) in [5.74, 6) is 0.687. The van der Waals surface area contributed by atoms with Crippen LogP contribution >= 0.6 is 0 Å². The molecule has 316 valence electrons. The van der Waals surface area contributed by atoms with E-state index in [1.165, 1.54) is 24.8 Å². The summed E-state index contributed by atoms with van der Waals surface area (Å²) in [5, 5.41) is 22.3. The van der Waals surface area contributed by atoms with Crippen molar-refractivity contribution in [1.29, 1.82) is 0 Å². The number of carbonyl (C=O) groups excluding carboxylic acids is 3. The zero-order chi connectivity index (χ0) is 41.4. The number of amides is 1. The number of Topliss-reactive ketones (excluding diaryl/α,β-unsaturated/α-hetero) is 1. The number of carbonyl (C=O) groups is 4. The number of aliphatic hydroxyl groups excluding tert-OH is 1. The van der Waals surface area contributed by atoms with Gasteiger partial charge in [0.25, 0.3) is 0 Å². The van der Waals surface area contributed by atoms with E-state index in [-0.39, 0.29) is 57.7 Å². The van der Waals surface area contributed by atoms with E-state index in [2.05, 4.69) is 53.4 Å². The van der Waals surface area contributed by atoms with E-state index < -0.39 is 28.9 Å². The van der Waals surface area contributed by atoms with Crippen molar-refractivity contribution in [2.75, 3.05) is 33.2 Å². The van der Waals surface area contributed by atoms with Crippen LogP contribution in [0.2, 0.25) is 0 Å². The molecule has 2 N–H and O–H groups in total. The third-order valence-corrected chi connectivity index (χ3v) is 18.0. The number of ether oxygens (including phenoxy) is 1. The molecule has 0 bridgehead atoms. The Balaban J connectivity index is 1.27. The summed E-state index contributed by atoms with van der Waals surface area (Å²) in [4.78, 5) is 55.5. The van der Waals surface area contributed by atoms with Crippen LogP contribution in [-0.4, -0.2) is 89.1 Å². The van der Waals surface area contributed by atoms with Gasteiger partial charge in [-0.05, 0) is 129 Å². The standard InChI is InChI=1S/C47H76N2O7/c1-29(2)39-33(51)25-47(36(52)28-49(27-31-13-12-14-31)24-23-48(11)30(3)50)22-21-45(9)32(40(39)47)15-16-35-44(8)19-18-37(56-38(53)26-42(4,5)41(54)55)43(6,7)34(44)17-20-46(35,45)10/h29,31-32,34-37,52H,12-28H2,1-11H3,(H,54,55)/t32-,34+,35-,36?,37+,44+,45-,46-,47?/m1/s1. The number of aliphatic hydroxyl groups is 1. The number of rotatable bonds is 13. The van der Waals surface area contributed by atoms with Crippen molar-refractivity contribution in [3.63, 3.8) is 0 Å². The molecule has 5 saturated carbocycles. The molecule has 0 heterocycles. The Morgan fingerprint density at radius 3 is 2.16 bits per heavy atom. The predicted molar refractivity (Wildman–Crippen MR) is 218 cm³/mol. The number of hydrogen-bond acceptors (Lipinski definition) is 7. The highest BCUT2D eigenvalue weighted by Crippen LogP contribution is 2.77. The van der Waals surface area contributed by atoms with Gasteiger partial charge >= 0.3 is 11.9 Å². The number of carboxylic acid groups (broad SMARTS) is 1. The lowest BCUT2D eigenvalue weighted by Crippen LogP contribution is -2.66. The summed E-state index contributed by atoms with van der Waals surface area (Å²) in [6, 6.07) is 0. The van der Waals surface area contributed by atoms with Crippen LogP contribution < -0.4 is 0 Å². The Hall–Kier alpha value is -2.26. The number of allylic oxidation sites excluding steroid dienone is 1. The quantitative estimate of drug-likeness (QED) is 0.179. The molecule has 6 aliphatic rings. The van der Waals surface area contributed by atoms with Crippen LogP contribution in [0.1, 0.15) is 153 Å². The van der Waals surface area contributed by atoms with Gasteiger partial charge in [0.2, 0.25) is 5.91 Å². The average Bonchev–Trinajstić information content (AvgIpc) is 3.39. The second kappa shape index (κ2) is 15.1. The average molecular weight is 781 g/mol. The third-order valence-electron chi connectivity index (χ3n) is 18.0. The first-order valence-corrected chi connectivity index (χ1v) is 22.3. The predicted octanol–water partition coefficient (Wildman–Crippen LogP) is 8.32. The first-order chi connectivity index (χ1) is 25.9. The fourth-order valence-corrected chi connectivity index (χ4v) is 14.1. The second-order valence-corrected chi connectivity index (χ2v) is 22.1. The van der Waals surface area contributed by atoms with Crippen LogP contribution in [0, 0.1) is 62.1 Å². The Labute approximate surface area is 338 Å². The van der Waals surface area contributed by atoms with Crippen LogP contribution in [0.5, 0.6) is 0 Å². The number of ketones is 1. The van der Waals surface area contributed by atoms with Gasteiger partial charge in [-0.1, -0.05) is 60.5 Å². The molecule has 6 rings (SSSR count). The van der Waals surface area contributed by atoms with Gasteiger partial charge in [0.1, 0.15) is 6.10 Å². The Morgan fingerprint density at radius 1 is 0.893 bits per heavy atom. The van der Waals surface area contributed by atoms with E-state index in [9.17, 15) is 29.4 Å². The van der Waals surface area contributed by atoms with Crippen molar-refractivity contribution in [2.24, 2.45) is 62.1 Å². The van der Waals surface area contributed by atoms with E-state index in [0.717, 1.165) is 70.0 Å². The first kappa shape index (κ1) is 43.3. The fourth-order valence-electron chi connectivity index (χ4n) is 14.1. The number of hydrogen-bond donors (Lipinski definition) is 2. The molecule has 9 heteroatoms. The van der Waals surface area contributed by atoms with E-state index >= 15 is 0 Å². The zero-order valence-corrected chi connectivity index (χ0v) is 36.9. The molecule has 0 aliphatic heterocycles. The van der Waals surface area contributed by atoms with Crippen molar-refractivity contribution >= 4 is 23.6 Å². The fraction of sp³-hybridized carbons (Fsp3) is 0.872. The molecular weight excluding hydrogens is 705 g/mol. The van der Waals surface area contributed by atoms with Gasteiger partial charge in [0.05, 0.1) is 17.9 Å². The number of aliphatic carboxylic acids is 1. The molecule has 6 aliphatic carbocycles. The third kappa shape index (κ3) is 7.02. The van der Waals surface area contributed by atoms with Gasteiger partial charge in [-0.25, -0.2) is 0 Å². The Kier molecular flexibility index (Phi) is 11.7. The molecule has 0 spiro atoms. The highest BCUT2D eigenvalue weighted by Gasteiger charge is 2.71. The summed E-state index contributed by atoms with van der Waals surface area (Å²) < 4.78 is 6.19. The van der Waals surface area contributed by atoms with Gasteiger partial charge in [-0.2, -0.15) is 0 Å². The summed E-state index contributed by atoms with van der Waals surface area (Å²) >= 11 is 0. The second-order valence-electron chi connectivity index (χ2n) is 22.1. The molecule has 5 fully saturated rings. The maximum Gasteiger partial charge on any atom is 0.309 e. The number of carboxylic acids is 1. The molecule has 0 aromatic rings. The van der Waals surface area contributed by atoms with Crippen LogP contribution in [0.15, 0.2) is 11.1 Å². The summed E-state index contributed by atoms with van der Waals surface area (Å²) in [6.07, 6.45) is 10.8. The number of nitrogens with zero attached hydrogens (tertiary/aromatic N) is 2. The molecule has 9 nitrogen and oxygen atoms in total. The van der Waals surface area contributed by atoms with Gasteiger partial charge in [0, 0.05) is 57.4 Å². The maximum absolute atomic E-state index is 14.3. The van der Waals surface area contributed by atoms with Crippen molar-refractivity contribution in [1.82, 2.24) is 9.80 Å². The van der Waals surface area contributed by atoms with E-state index in [1.54, 1.807) is 25.7 Å². The normalized spacial score (nSPS) is 37.3. The number of likely N-dealkylation sites (N-methyl/N-ethyl adjacent to an activating group) is 1. The first-order valence-electron chi connectivity index (χ1n) is 22.3. The van der Waals surface area contributed by atoms with Crippen molar-refractivity contribution in [3.05, 3.63) is 11.1 Å². The maximum atomic E-state index is 14.3. The number of esters is 1. The smallest absolute Gasteiger partial charge is 0.309 e. The summed E-state index contributed by atoms with van der Waals surface area (Å²) in [5.41, 5.74) is 0.393. The number of fused-ring (bicyclic) bond motifs is 7. The lowest BCUT2D eigenvalue weighted by Gasteiger charge is -2.72. The van der Waals surface area contributed by atoms with Crippen LogP contribution in [0.3, 0.4) is 0 Å². The minimum Gasteiger partial charge on any atom is -0.481 e. The minimum absolute atomic E-state index is 0.0289.